The lowest BCUT2D eigenvalue weighted by Gasteiger charge is -1.99. The molecule has 0 aromatic rings. The van der Waals surface area contributed by atoms with Crippen molar-refractivity contribution in [2.24, 2.45) is 5.73 Å². The Bertz CT molecular complexity index is 55.7. The normalized spacial score (nSPS) is 9.80. The molecule has 0 fully saturated rings. The van der Waals surface area contributed by atoms with Gasteiger partial charge in [-0.15, -0.1) is 0 Å². The predicted molar refractivity (Wildman–Crippen MR) is 43.7 cm³/mol. The van der Waals surface area contributed by atoms with Crippen molar-refractivity contribution in [3.05, 3.63) is 0 Å². The van der Waals surface area contributed by atoms with Gasteiger partial charge in [-0.2, -0.15) is 0 Å². The molecule has 0 unspecified atom stereocenters. The second kappa shape index (κ2) is 8.94. The number of nitrogens with one attached hydrogen (secondary N) is 1. The SMILES string of the molecule is CO[B]NCCCCCN. The van der Waals surface area contributed by atoms with E-state index in [1.807, 2.05) is 0 Å². The molecule has 0 aliphatic heterocycles. The molecule has 0 atom stereocenters. The van der Waals surface area contributed by atoms with E-state index in [9.17, 15) is 0 Å². The first kappa shape index (κ1) is 9.94. The van der Waals surface area contributed by atoms with E-state index in [-0.39, 0.29) is 0 Å². The van der Waals surface area contributed by atoms with Crippen LogP contribution >= 0.6 is 0 Å². The van der Waals surface area contributed by atoms with Gasteiger partial charge >= 0.3 is 7.62 Å². The van der Waals surface area contributed by atoms with Gasteiger partial charge in [0.25, 0.3) is 0 Å². The summed E-state index contributed by atoms with van der Waals surface area (Å²) in [5.74, 6) is 0. The molecule has 0 aromatic carbocycles. The highest BCUT2D eigenvalue weighted by Gasteiger charge is 1.88. The average molecular weight is 143 g/mol. The van der Waals surface area contributed by atoms with Gasteiger partial charge in [0.2, 0.25) is 0 Å². The zero-order valence-corrected chi connectivity index (χ0v) is 6.60. The number of hydrogen-bond acceptors (Lipinski definition) is 3. The summed E-state index contributed by atoms with van der Waals surface area (Å²) in [7, 11) is 3.23. The summed E-state index contributed by atoms with van der Waals surface area (Å²) >= 11 is 0. The molecule has 0 aromatic heterocycles. The highest BCUT2D eigenvalue weighted by atomic mass is 16.4. The van der Waals surface area contributed by atoms with Crippen LogP contribution in [0.25, 0.3) is 0 Å². The van der Waals surface area contributed by atoms with Crippen molar-refractivity contribution in [3.8, 4) is 0 Å². The van der Waals surface area contributed by atoms with Crippen molar-refractivity contribution >= 4 is 7.62 Å². The Morgan fingerprint density at radius 1 is 1.40 bits per heavy atom. The monoisotopic (exact) mass is 143 g/mol. The molecule has 1 radical (unpaired) electrons. The third kappa shape index (κ3) is 7.94. The molecular formula is C6H16BN2O. The van der Waals surface area contributed by atoms with E-state index in [4.69, 9.17) is 5.73 Å². The maximum Gasteiger partial charge on any atom is 0.395 e. The van der Waals surface area contributed by atoms with Gasteiger partial charge in [0.1, 0.15) is 0 Å². The van der Waals surface area contributed by atoms with Gasteiger partial charge in [-0.3, -0.25) is 0 Å². The van der Waals surface area contributed by atoms with Gasteiger partial charge < -0.3 is 15.6 Å². The summed E-state index contributed by atoms with van der Waals surface area (Å²) in [6, 6.07) is 0. The third-order valence-corrected chi connectivity index (χ3v) is 1.23. The summed E-state index contributed by atoms with van der Waals surface area (Å²) < 4.78 is 4.69. The highest BCUT2D eigenvalue weighted by Crippen LogP contribution is 1.89. The fraction of sp³-hybridized carbons (Fsp3) is 1.00. The summed E-state index contributed by atoms with van der Waals surface area (Å²) in [5.41, 5.74) is 5.32. The Morgan fingerprint density at radius 2 is 2.20 bits per heavy atom. The number of unbranched alkanes of at least 4 members (excludes halogenated alkanes) is 2. The maximum absolute atomic E-state index is 5.32. The number of hydrogen-bond donors (Lipinski definition) is 2. The molecule has 0 aliphatic rings. The molecular weight excluding hydrogens is 127 g/mol. The lowest BCUT2D eigenvalue weighted by atomic mass is 10.2. The topological polar surface area (TPSA) is 47.3 Å². The van der Waals surface area contributed by atoms with E-state index >= 15 is 0 Å². The van der Waals surface area contributed by atoms with Crippen molar-refractivity contribution < 1.29 is 4.65 Å². The van der Waals surface area contributed by atoms with Crippen LogP contribution in [0.5, 0.6) is 0 Å². The van der Waals surface area contributed by atoms with Crippen molar-refractivity contribution in [2.75, 3.05) is 20.2 Å². The van der Waals surface area contributed by atoms with Crippen LogP contribution in [-0.2, 0) is 4.65 Å². The van der Waals surface area contributed by atoms with E-state index in [1.165, 1.54) is 6.42 Å². The lowest BCUT2D eigenvalue weighted by molar-refractivity contribution is 0.429. The largest absolute Gasteiger partial charge is 0.427 e. The predicted octanol–water partition coefficient (Wildman–Crippen LogP) is -0.114. The van der Waals surface area contributed by atoms with Crippen LogP contribution in [0.4, 0.5) is 0 Å². The molecule has 59 valence electrons. The second-order valence-corrected chi connectivity index (χ2v) is 2.16. The quantitative estimate of drug-likeness (QED) is 0.386. The van der Waals surface area contributed by atoms with Gasteiger partial charge in [0, 0.05) is 7.11 Å². The van der Waals surface area contributed by atoms with Crippen molar-refractivity contribution in [1.29, 1.82) is 0 Å². The summed E-state index contributed by atoms with van der Waals surface area (Å²) in [5, 5.41) is 3.01. The number of nitrogens with two attached hydrogens (primary N) is 1. The Kier molecular flexibility index (Phi) is 8.90. The molecule has 0 rings (SSSR count). The van der Waals surface area contributed by atoms with Crippen LogP contribution in [0.3, 0.4) is 0 Å². The zero-order valence-electron chi connectivity index (χ0n) is 6.60. The minimum absolute atomic E-state index is 0.800. The first-order valence-electron chi connectivity index (χ1n) is 3.69. The van der Waals surface area contributed by atoms with Gasteiger partial charge in [-0.1, -0.05) is 6.42 Å². The molecule has 3 N–H and O–H groups in total. The summed E-state index contributed by atoms with van der Waals surface area (Å²) in [4.78, 5) is 0. The minimum atomic E-state index is 0.800. The average Bonchev–Trinajstić information content (AvgIpc) is 1.97. The lowest BCUT2D eigenvalue weighted by Crippen LogP contribution is -2.21. The van der Waals surface area contributed by atoms with Crippen molar-refractivity contribution in [2.45, 2.75) is 19.3 Å². The Labute approximate surface area is 63.6 Å². The minimum Gasteiger partial charge on any atom is -0.427 e. The summed E-state index contributed by atoms with van der Waals surface area (Å²) in [6.07, 6.45) is 3.48. The first-order valence-corrected chi connectivity index (χ1v) is 3.69. The van der Waals surface area contributed by atoms with Gasteiger partial charge in [-0.05, 0) is 25.9 Å². The maximum atomic E-state index is 5.32. The van der Waals surface area contributed by atoms with Crippen LogP contribution < -0.4 is 11.0 Å². The fourth-order valence-corrected chi connectivity index (χ4v) is 0.690. The van der Waals surface area contributed by atoms with Crippen molar-refractivity contribution in [1.82, 2.24) is 5.23 Å². The smallest absolute Gasteiger partial charge is 0.395 e. The fourth-order valence-electron chi connectivity index (χ4n) is 0.690. The van der Waals surface area contributed by atoms with Crippen LogP contribution in [0.15, 0.2) is 0 Å². The van der Waals surface area contributed by atoms with Crippen LogP contribution in [0.2, 0.25) is 0 Å². The Hall–Kier alpha value is -0.0551. The zero-order chi connectivity index (χ0) is 7.66. The molecule has 0 saturated heterocycles. The van der Waals surface area contributed by atoms with E-state index < -0.39 is 0 Å². The third-order valence-electron chi connectivity index (χ3n) is 1.23. The Morgan fingerprint density at radius 3 is 2.80 bits per heavy atom. The molecule has 0 amide bonds. The molecule has 0 aliphatic carbocycles. The first-order chi connectivity index (χ1) is 4.91. The van der Waals surface area contributed by atoms with Crippen LogP contribution in [0, 0.1) is 0 Å². The molecule has 0 bridgehead atoms. The molecule has 4 heteroatoms. The van der Waals surface area contributed by atoms with Crippen molar-refractivity contribution in [3.63, 3.8) is 0 Å². The molecule has 0 spiro atoms. The summed E-state index contributed by atoms with van der Waals surface area (Å²) in [6.45, 7) is 1.78. The standard InChI is InChI=1S/C6H16BN2O/c1-10-7-9-6-4-2-3-5-8/h9H,2-6,8H2,1H3. The highest BCUT2D eigenvalue weighted by molar-refractivity contribution is 6.23. The van der Waals surface area contributed by atoms with E-state index in [2.05, 4.69) is 9.88 Å². The van der Waals surface area contributed by atoms with E-state index in [0.29, 0.717) is 0 Å². The Balaban J connectivity index is 2.65. The molecule has 3 nitrogen and oxygen atoms in total. The van der Waals surface area contributed by atoms with Gasteiger partial charge in [-0.25, -0.2) is 0 Å². The molecule has 0 heterocycles. The van der Waals surface area contributed by atoms with Gasteiger partial charge in [0.05, 0.1) is 0 Å². The second-order valence-electron chi connectivity index (χ2n) is 2.16. The molecule has 10 heavy (non-hydrogen) atoms. The van der Waals surface area contributed by atoms with Crippen LogP contribution in [-0.4, -0.2) is 27.8 Å². The molecule has 0 saturated carbocycles. The van der Waals surface area contributed by atoms with E-state index in [1.54, 1.807) is 14.7 Å². The van der Waals surface area contributed by atoms with E-state index in [0.717, 1.165) is 25.9 Å². The number of rotatable bonds is 7. The van der Waals surface area contributed by atoms with Gasteiger partial charge in [0.15, 0.2) is 0 Å². The van der Waals surface area contributed by atoms with Crippen LogP contribution in [0.1, 0.15) is 19.3 Å².